The van der Waals surface area contributed by atoms with Crippen molar-refractivity contribution in [3.05, 3.63) is 36.2 Å². The number of aromatic nitrogens is 2. The fraction of sp³-hybridized carbons (Fsp3) is 0.657. The van der Waals surface area contributed by atoms with Crippen LogP contribution in [0.4, 0.5) is 11.8 Å². The van der Waals surface area contributed by atoms with Crippen molar-refractivity contribution >= 4 is 34.5 Å². The lowest BCUT2D eigenvalue weighted by atomic mass is 9.95. The van der Waals surface area contributed by atoms with Crippen molar-refractivity contribution in [2.45, 2.75) is 89.1 Å². The van der Waals surface area contributed by atoms with Gasteiger partial charge in [0, 0.05) is 74.9 Å². The molecule has 1 aromatic carbocycles. The van der Waals surface area contributed by atoms with E-state index < -0.39 is 5.97 Å². The predicted molar refractivity (Wildman–Crippen MR) is 196 cm³/mol. The van der Waals surface area contributed by atoms with Gasteiger partial charge in [-0.15, -0.1) is 0 Å². The van der Waals surface area contributed by atoms with E-state index in [4.69, 9.17) is 26.7 Å². The smallest absolute Gasteiger partial charge is 0.303 e. The summed E-state index contributed by atoms with van der Waals surface area (Å²) in [5.41, 5.74) is 7.74. The van der Waals surface area contributed by atoms with Gasteiger partial charge in [0.15, 0.2) is 0 Å². The number of carboxylic acid groups (broad SMARTS) is 1. The maximum atomic E-state index is 11.9. The molecular formula is C35H59N11O3. The second kappa shape index (κ2) is 21.4. The number of piperidine rings is 1. The van der Waals surface area contributed by atoms with Crippen LogP contribution in [0, 0.1) is 0 Å². The van der Waals surface area contributed by atoms with E-state index in [9.17, 15) is 9.59 Å². The Kier molecular flexibility index (Phi) is 16.6. The van der Waals surface area contributed by atoms with Gasteiger partial charge in [0.05, 0.1) is 12.1 Å². The summed E-state index contributed by atoms with van der Waals surface area (Å²) in [7, 11) is 0. The molecule has 14 heteroatoms. The Morgan fingerprint density at radius 3 is 2.51 bits per heavy atom. The quantitative estimate of drug-likeness (QED) is 0.0513. The number of carbonyl (C=O) groups excluding carboxylic acids is 1. The molecule has 1 aliphatic heterocycles. The van der Waals surface area contributed by atoms with Crippen LogP contribution >= 0.6 is 0 Å². The highest BCUT2D eigenvalue weighted by molar-refractivity contribution is 5.90. The number of nitrogens with one attached hydrogen (secondary N) is 5. The number of likely N-dealkylation sites (tertiary alicyclic amines) is 1. The van der Waals surface area contributed by atoms with Gasteiger partial charge in [-0.25, -0.2) is 10.8 Å². The zero-order chi connectivity index (χ0) is 34.7. The minimum atomic E-state index is -0.875. The number of aliphatic carboxylic acids is 1. The van der Waals surface area contributed by atoms with Crippen LogP contribution in [0.5, 0.6) is 0 Å². The molecule has 0 radical (unpaired) electrons. The monoisotopic (exact) mass is 681 g/mol. The maximum Gasteiger partial charge on any atom is 0.303 e. The number of para-hydroxylation sites is 1. The van der Waals surface area contributed by atoms with Crippen molar-refractivity contribution in [1.29, 1.82) is 0 Å². The Morgan fingerprint density at radius 1 is 0.939 bits per heavy atom. The maximum absolute atomic E-state index is 11.9. The first-order chi connectivity index (χ1) is 23.9. The van der Waals surface area contributed by atoms with E-state index >= 15 is 0 Å². The molecule has 4 rings (SSSR count). The first-order valence-corrected chi connectivity index (χ1v) is 18.3. The molecule has 272 valence electrons. The summed E-state index contributed by atoms with van der Waals surface area (Å²) in [5.74, 6) is 6.52. The van der Waals surface area contributed by atoms with Crippen LogP contribution in [0.15, 0.2) is 36.2 Å². The molecule has 2 aliphatic rings. The number of nitrogens with zero attached hydrogens (tertiary/aromatic N) is 4. The molecule has 1 aliphatic carbocycles. The number of carbonyl (C=O) groups is 2. The number of fused-ring (bicyclic) bond motifs is 1. The molecule has 1 saturated carbocycles. The van der Waals surface area contributed by atoms with Gasteiger partial charge < -0.3 is 47.3 Å². The lowest BCUT2D eigenvalue weighted by Crippen LogP contribution is -2.42. The SMILES string of the molecule is N/C(=C\N(N)CCCNCCCNC1CCCCC1)CNc1nc(NC2CCN(CCNC(=O)CCCC(=O)O)CC2)c2ccccc2n1. The Balaban J connectivity index is 1.14. The summed E-state index contributed by atoms with van der Waals surface area (Å²) in [6.07, 6.45) is 13.1. The lowest BCUT2D eigenvalue weighted by Gasteiger charge is -2.32. The fourth-order valence-electron chi connectivity index (χ4n) is 6.44. The van der Waals surface area contributed by atoms with E-state index in [0.717, 1.165) is 87.7 Å². The van der Waals surface area contributed by atoms with Crippen LogP contribution < -0.4 is 38.2 Å². The third kappa shape index (κ3) is 14.7. The summed E-state index contributed by atoms with van der Waals surface area (Å²) < 4.78 is 0. The number of benzene rings is 1. The van der Waals surface area contributed by atoms with Crippen LogP contribution in [0.1, 0.15) is 77.0 Å². The molecular weight excluding hydrogens is 622 g/mol. The highest BCUT2D eigenvalue weighted by Crippen LogP contribution is 2.25. The van der Waals surface area contributed by atoms with Crippen molar-refractivity contribution in [3.8, 4) is 0 Å². The molecule has 1 aromatic heterocycles. The summed E-state index contributed by atoms with van der Waals surface area (Å²) >= 11 is 0. The second-order valence-electron chi connectivity index (χ2n) is 13.3. The van der Waals surface area contributed by atoms with Gasteiger partial charge in [0.1, 0.15) is 5.82 Å². The summed E-state index contributed by atoms with van der Waals surface area (Å²) in [4.78, 5) is 34.4. The zero-order valence-electron chi connectivity index (χ0n) is 29.1. The first kappa shape index (κ1) is 38.1. The van der Waals surface area contributed by atoms with Crippen molar-refractivity contribution in [3.63, 3.8) is 0 Å². The van der Waals surface area contributed by atoms with E-state index in [-0.39, 0.29) is 24.8 Å². The summed E-state index contributed by atoms with van der Waals surface area (Å²) in [6, 6.07) is 8.95. The number of hydrogen-bond donors (Lipinski definition) is 8. The number of rotatable bonds is 22. The van der Waals surface area contributed by atoms with Crippen molar-refractivity contribution < 1.29 is 14.7 Å². The Morgan fingerprint density at radius 2 is 1.71 bits per heavy atom. The fourth-order valence-corrected chi connectivity index (χ4v) is 6.44. The van der Waals surface area contributed by atoms with Gasteiger partial charge in [-0.3, -0.25) is 9.59 Å². The number of nitrogens with two attached hydrogens (primary N) is 2. The average Bonchev–Trinajstić information content (AvgIpc) is 3.09. The van der Waals surface area contributed by atoms with Gasteiger partial charge >= 0.3 is 5.97 Å². The van der Waals surface area contributed by atoms with Gasteiger partial charge in [-0.2, -0.15) is 4.98 Å². The van der Waals surface area contributed by atoms with E-state index in [1.807, 2.05) is 24.3 Å². The summed E-state index contributed by atoms with van der Waals surface area (Å²) in [6.45, 7) is 7.22. The summed E-state index contributed by atoms with van der Waals surface area (Å²) in [5, 5.41) is 28.3. The Labute approximate surface area is 291 Å². The molecule has 2 fully saturated rings. The minimum absolute atomic E-state index is 0.0163. The minimum Gasteiger partial charge on any atom is -0.481 e. The second-order valence-corrected chi connectivity index (χ2v) is 13.3. The highest BCUT2D eigenvalue weighted by Gasteiger charge is 2.21. The molecule has 0 atom stereocenters. The number of amides is 1. The molecule has 2 heterocycles. The average molecular weight is 682 g/mol. The number of hydrazine groups is 1. The van der Waals surface area contributed by atoms with Crippen molar-refractivity contribution in [2.75, 3.05) is 69.5 Å². The first-order valence-electron chi connectivity index (χ1n) is 18.3. The standard InChI is InChI=1S/C35H59N11O3/c36-27(26-46(37)21-8-18-38-17-7-19-39-28-9-2-1-3-10-28)25-41-35-43-31-12-5-4-11-30(31)34(44-35)42-29-15-22-45(23-16-29)24-20-40-32(47)13-6-14-33(48)49/h4-5,11-12,26,28-29,38-39H,1-3,6-10,13-25,36-37H2,(H,40,47)(H,48,49)(H2,41,42,43,44)/b27-26-. The molecule has 2 aromatic rings. The number of hydrogen-bond acceptors (Lipinski definition) is 12. The van der Waals surface area contributed by atoms with Crippen LogP contribution in [0.3, 0.4) is 0 Å². The zero-order valence-corrected chi connectivity index (χ0v) is 29.1. The molecule has 14 nitrogen and oxygen atoms in total. The van der Waals surface area contributed by atoms with Gasteiger partial charge in [0.25, 0.3) is 0 Å². The van der Waals surface area contributed by atoms with Crippen molar-refractivity contribution in [1.82, 2.24) is 35.8 Å². The largest absolute Gasteiger partial charge is 0.481 e. The Hall–Kier alpha value is -3.72. The third-order valence-corrected chi connectivity index (χ3v) is 9.20. The molecule has 1 amide bonds. The van der Waals surface area contributed by atoms with Gasteiger partial charge in [0.2, 0.25) is 11.9 Å². The third-order valence-electron chi connectivity index (χ3n) is 9.20. The normalized spacial score (nSPS) is 16.5. The van der Waals surface area contributed by atoms with E-state index in [2.05, 4.69) is 31.5 Å². The lowest BCUT2D eigenvalue weighted by molar-refractivity contribution is -0.137. The molecule has 0 unspecified atom stereocenters. The number of carboxylic acids is 1. The number of anilines is 2. The van der Waals surface area contributed by atoms with Crippen LogP contribution in [-0.2, 0) is 9.59 Å². The van der Waals surface area contributed by atoms with Gasteiger partial charge in [-0.1, -0.05) is 31.4 Å². The van der Waals surface area contributed by atoms with E-state index in [0.29, 0.717) is 37.7 Å². The molecule has 1 saturated heterocycles. The van der Waals surface area contributed by atoms with E-state index in [1.165, 1.54) is 32.1 Å². The molecule has 49 heavy (non-hydrogen) atoms. The molecule has 10 N–H and O–H groups in total. The van der Waals surface area contributed by atoms with Crippen LogP contribution in [0.2, 0.25) is 0 Å². The molecule has 0 spiro atoms. The van der Waals surface area contributed by atoms with Gasteiger partial charge in [-0.05, 0) is 76.7 Å². The predicted octanol–water partition coefficient (Wildman–Crippen LogP) is 2.56. The topological polar surface area (TPSA) is 199 Å². The van der Waals surface area contributed by atoms with E-state index in [1.54, 1.807) is 11.2 Å². The van der Waals surface area contributed by atoms with Crippen molar-refractivity contribution in [2.24, 2.45) is 11.6 Å². The molecule has 0 bridgehead atoms. The van der Waals surface area contributed by atoms with Crippen LogP contribution in [0.25, 0.3) is 10.9 Å². The Bertz CT molecular complexity index is 1310. The van der Waals surface area contributed by atoms with Crippen LogP contribution in [-0.4, -0.2) is 108 Å². The highest BCUT2D eigenvalue weighted by atomic mass is 16.4.